The Balaban J connectivity index is 1.44. The van der Waals surface area contributed by atoms with Crippen LogP contribution in [0.2, 0.25) is 0 Å². The molecule has 1 atom stereocenters. The van der Waals surface area contributed by atoms with E-state index in [4.69, 9.17) is 0 Å². The van der Waals surface area contributed by atoms with E-state index in [0.29, 0.717) is 29.7 Å². The maximum Gasteiger partial charge on any atom is 0.246 e. The Hall–Kier alpha value is -3.88. The summed E-state index contributed by atoms with van der Waals surface area (Å²) in [4.78, 5) is 8.65. The molecule has 2 aromatic carbocycles. The summed E-state index contributed by atoms with van der Waals surface area (Å²) in [6, 6.07) is 11.1. The first-order valence-electron chi connectivity index (χ1n) is 9.81. The predicted molar refractivity (Wildman–Crippen MR) is 111 cm³/mol. The number of aryl methyl sites for hydroxylation is 2. The molecule has 7 nitrogen and oxygen atoms in total. The Bertz CT molecular complexity index is 1270. The zero-order valence-electron chi connectivity index (χ0n) is 16.8. The van der Waals surface area contributed by atoms with Gasteiger partial charge in [-0.2, -0.15) is 10.1 Å². The Morgan fingerprint density at radius 2 is 1.94 bits per heavy atom. The van der Waals surface area contributed by atoms with Crippen molar-refractivity contribution in [2.24, 2.45) is 0 Å². The van der Waals surface area contributed by atoms with Crippen molar-refractivity contribution in [2.75, 3.05) is 5.32 Å². The van der Waals surface area contributed by atoms with Crippen molar-refractivity contribution >= 4 is 11.6 Å². The van der Waals surface area contributed by atoms with Crippen LogP contribution in [0.4, 0.5) is 20.4 Å². The van der Waals surface area contributed by atoms with Crippen molar-refractivity contribution in [1.29, 1.82) is 0 Å². The van der Waals surface area contributed by atoms with Crippen LogP contribution in [0.3, 0.4) is 0 Å². The van der Waals surface area contributed by atoms with Crippen LogP contribution in [0.5, 0.6) is 0 Å². The smallest absolute Gasteiger partial charge is 0.246 e. The zero-order chi connectivity index (χ0) is 21.5. The van der Waals surface area contributed by atoms with Crippen LogP contribution in [0, 0.1) is 18.6 Å². The molecule has 2 aromatic heterocycles. The van der Waals surface area contributed by atoms with Crippen molar-refractivity contribution in [3.05, 3.63) is 89.8 Å². The first-order chi connectivity index (χ1) is 15.0. The van der Waals surface area contributed by atoms with Crippen LogP contribution in [-0.4, -0.2) is 29.5 Å². The van der Waals surface area contributed by atoms with Crippen molar-refractivity contribution in [1.82, 2.24) is 29.5 Å². The van der Waals surface area contributed by atoms with Gasteiger partial charge in [-0.25, -0.2) is 23.1 Å². The highest BCUT2D eigenvalue weighted by atomic mass is 19.1. The van der Waals surface area contributed by atoms with Crippen LogP contribution < -0.4 is 5.32 Å². The van der Waals surface area contributed by atoms with Gasteiger partial charge in [0, 0.05) is 12.2 Å². The minimum atomic E-state index is -0.444. The molecule has 9 heteroatoms. The van der Waals surface area contributed by atoms with E-state index in [-0.39, 0.29) is 11.7 Å². The number of anilines is 2. The number of hydrogen-bond donors (Lipinski definition) is 1. The number of rotatable bonds is 4. The fraction of sp³-hybridized carbons (Fsp3) is 0.182. The van der Waals surface area contributed by atoms with Crippen molar-refractivity contribution in [3.8, 4) is 5.69 Å². The average molecular weight is 419 g/mol. The zero-order valence-corrected chi connectivity index (χ0v) is 16.8. The molecule has 0 radical (unpaired) electrons. The van der Waals surface area contributed by atoms with E-state index in [1.165, 1.54) is 29.2 Å². The highest BCUT2D eigenvalue weighted by Crippen LogP contribution is 2.36. The van der Waals surface area contributed by atoms with Crippen LogP contribution in [0.25, 0.3) is 5.69 Å². The van der Waals surface area contributed by atoms with Gasteiger partial charge in [0.25, 0.3) is 0 Å². The summed E-state index contributed by atoms with van der Waals surface area (Å²) >= 11 is 0. The molecule has 1 aliphatic rings. The largest absolute Gasteiger partial charge is 0.323 e. The van der Waals surface area contributed by atoms with Gasteiger partial charge in [-0.1, -0.05) is 24.3 Å². The molecular weight excluding hydrogens is 400 g/mol. The van der Waals surface area contributed by atoms with E-state index in [2.05, 4.69) is 32.1 Å². The Kier molecular flexibility index (Phi) is 4.58. The Morgan fingerprint density at radius 3 is 2.65 bits per heavy atom. The third-order valence-electron chi connectivity index (χ3n) is 5.37. The minimum Gasteiger partial charge on any atom is -0.323 e. The maximum absolute atomic E-state index is 14.7. The second kappa shape index (κ2) is 7.42. The van der Waals surface area contributed by atoms with E-state index in [9.17, 15) is 8.78 Å². The van der Waals surface area contributed by atoms with Crippen LogP contribution in [-0.2, 0) is 6.54 Å². The lowest BCUT2D eigenvalue weighted by molar-refractivity contribution is 0.519. The quantitative estimate of drug-likeness (QED) is 0.500. The van der Waals surface area contributed by atoms with Gasteiger partial charge in [-0.3, -0.25) is 0 Å². The van der Waals surface area contributed by atoms with E-state index in [0.717, 1.165) is 23.4 Å². The number of hydrogen-bond acceptors (Lipinski definition) is 5. The fourth-order valence-corrected chi connectivity index (χ4v) is 3.82. The summed E-state index contributed by atoms with van der Waals surface area (Å²) in [6.07, 6.45) is 2.13. The highest BCUT2D eigenvalue weighted by Gasteiger charge is 2.28. The lowest BCUT2D eigenvalue weighted by atomic mass is 9.87. The molecular formula is C22H19F2N7. The fourth-order valence-electron chi connectivity index (χ4n) is 3.82. The molecule has 0 saturated carbocycles. The van der Waals surface area contributed by atoms with Gasteiger partial charge in [-0.05, 0) is 49.2 Å². The van der Waals surface area contributed by atoms with E-state index in [1.54, 1.807) is 31.2 Å². The molecule has 0 amide bonds. The molecule has 3 heterocycles. The molecule has 0 spiro atoms. The molecule has 1 N–H and O–H groups in total. The standard InChI is InChI=1S/C22H19F2N7/c1-13-9-10-30-21(20(13)15-3-5-16(23)6-4-15)28-22(29-30)27-17-7-8-19(18(24)11-17)31-14(2)25-12-26-31/h3-8,11-12,20H,1,9-10H2,2H3,(H,27,29)/t20-/m1/s1. The van der Waals surface area contributed by atoms with E-state index in [1.807, 2.05) is 4.68 Å². The van der Waals surface area contributed by atoms with Gasteiger partial charge in [0.1, 0.15) is 29.5 Å². The van der Waals surface area contributed by atoms with Gasteiger partial charge < -0.3 is 5.32 Å². The van der Waals surface area contributed by atoms with Gasteiger partial charge in [0.2, 0.25) is 5.95 Å². The molecule has 156 valence electrons. The predicted octanol–water partition coefficient (Wildman–Crippen LogP) is 4.28. The summed E-state index contributed by atoms with van der Waals surface area (Å²) in [5, 5.41) is 11.6. The Morgan fingerprint density at radius 1 is 1.13 bits per heavy atom. The molecule has 31 heavy (non-hydrogen) atoms. The molecule has 0 aliphatic carbocycles. The van der Waals surface area contributed by atoms with E-state index >= 15 is 0 Å². The van der Waals surface area contributed by atoms with Crippen molar-refractivity contribution in [3.63, 3.8) is 0 Å². The second-order valence-corrected chi connectivity index (χ2v) is 7.42. The second-order valence-electron chi connectivity index (χ2n) is 7.42. The molecule has 0 bridgehead atoms. The minimum absolute atomic E-state index is 0.174. The summed E-state index contributed by atoms with van der Waals surface area (Å²) in [6.45, 7) is 6.59. The molecule has 0 fully saturated rings. The molecule has 0 unspecified atom stereocenters. The summed E-state index contributed by atoms with van der Waals surface area (Å²) < 4.78 is 31.3. The number of aromatic nitrogens is 6. The topological polar surface area (TPSA) is 73.5 Å². The Labute approximate surface area is 177 Å². The van der Waals surface area contributed by atoms with Crippen molar-refractivity contribution in [2.45, 2.75) is 25.8 Å². The number of nitrogens with one attached hydrogen (secondary N) is 1. The first kappa shape index (κ1) is 19.1. The molecule has 0 saturated heterocycles. The van der Waals surface area contributed by atoms with Gasteiger partial charge in [-0.15, -0.1) is 5.10 Å². The average Bonchev–Trinajstić information content (AvgIpc) is 3.35. The summed E-state index contributed by atoms with van der Waals surface area (Å²) in [5.41, 5.74) is 2.73. The lowest BCUT2D eigenvalue weighted by Gasteiger charge is -2.24. The summed E-state index contributed by atoms with van der Waals surface area (Å²) in [7, 11) is 0. The number of fused-ring (bicyclic) bond motifs is 1. The van der Waals surface area contributed by atoms with Gasteiger partial charge in [0.05, 0.1) is 5.92 Å². The molecule has 4 aromatic rings. The molecule has 1 aliphatic heterocycles. The van der Waals surface area contributed by atoms with Crippen LogP contribution >= 0.6 is 0 Å². The molecule has 5 rings (SSSR count). The monoisotopic (exact) mass is 419 g/mol. The SMILES string of the molecule is C=C1CCn2nc(Nc3ccc(-n4ncnc4C)c(F)c3)nc2[C@H]1c1ccc(F)cc1. The number of halogens is 2. The highest BCUT2D eigenvalue weighted by molar-refractivity contribution is 5.56. The normalized spacial score (nSPS) is 15.7. The number of allylic oxidation sites excluding steroid dienone is 1. The van der Waals surface area contributed by atoms with Gasteiger partial charge in [0.15, 0.2) is 5.82 Å². The van der Waals surface area contributed by atoms with Crippen LogP contribution in [0.15, 0.2) is 60.9 Å². The third-order valence-corrected chi connectivity index (χ3v) is 5.37. The third kappa shape index (κ3) is 3.48. The first-order valence-corrected chi connectivity index (χ1v) is 9.81. The number of nitrogens with zero attached hydrogens (tertiary/aromatic N) is 6. The van der Waals surface area contributed by atoms with Crippen molar-refractivity contribution < 1.29 is 8.78 Å². The van der Waals surface area contributed by atoms with Crippen LogP contribution in [0.1, 0.15) is 29.6 Å². The maximum atomic E-state index is 14.7. The summed E-state index contributed by atoms with van der Waals surface area (Å²) in [5.74, 6) is 0.768. The number of benzene rings is 2. The van der Waals surface area contributed by atoms with Gasteiger partial charge >= 0.3 is 0 Å². The van der Waals surface area contributed by atoms with E-state index < -0.39 is 5.82 Å². The lowest BCUT2D eigenvalue weighted by Crippen LogP contribution is -2.20.